The fraction of sp³-hybridized carbons (Fsp3) is 0.333. The summed E-state index contributed by atoms with van der Waals surface area (Å²) in [5.74, 6) is 1.82. The Morgan fingerprint density at radius 1 is 1.22 bits per heavy atom. The van der Waals surface area contributed by atoms with Crippen LogP contribution < -0.4 is 5.32 Å². The van der Waals surface area contributed by atoms with Gasteiger partial charge in [-0.05, 0) is 23.4 Å². The third-order valence-electron chi connectivity index (χ3n) is 4.23. The molecule has 0 bridgehead atoms. The van der Waals surface area contributed by atoms with E-state index in [2.05, 4.69) is 52.9 Å². The van der Waals surface area contributed by atoms with Crippen molar-refractivity contribution in [2.24, 2.45) is 0 Å². The first-order valence-electron chi connectivity index (χ1n) is 8.02. The Hall–Kier alpha value is -1.98. The highest BCUT2D eigenvalue weighted by molar-refractivity contribution is 7.16. The summed E-state index contributed by atoms with van der Waals surface area (Å²) in [5, 5.41) is 6.80. The fourth-order valence-electron chi connectivity index (χ4n) is 3.05. The van der Waals surface area contributed by atoms with E-state index in [9.17, 15) is 0 Å². The van der Waals surface area contributed by atoms with Gasteiger partial charge in [0.1, 0.15) is 22.6 Å². The van der Waals surface area contributed by atoms with Gasteiger partial charge in [-0.15, -0.1) is 11.3 Å². The van der Waals surface area contributed by atoms with Crippen molar-refractivity contribution in [3.05, 3.63) is 53.2 Å². The fourth-order valence-corrected chi connectivity index (χ4v) is 3.83. The van der Waals surface area contributed by atoms with Crippen molar-refractivity contribution in [3.63, 3.8) is 0 Å². The Balaban J connectivity index is 1.66. The first kappa shape index (κ1) is 14.6. The van der Waals surface area contributed by atoms with Crippen LogP contribution in [0.25, 0.3) is 10.2 Å². The number of nitrogens with one attached hydrogen (secondary N) is 1. The van der Waals surface area contributed by atoms with Crippen LogP contribution in [0.15, 0.2) is 41.8 Å². The lowest BCUT2D eigenvalue weighted by Crippen LogP contribution is -2.24. The minimum absolute atomic E-state index is 0.0740. The first-order valence-corrected chi connectivity index (χ1v) is 8.90. The van der Waals surface area contributed by atoms with E-state index in [1.807, 2.05) is 6.07 Å². The zero-order valence-corrected chi connectivity index (χ0v) is 13.8. The maximum absolute atomic E-state index is 5.97. The van der Waals surface area contributed by atoms with Crippen molar-refractivity contribution < 1.29 is 4.74 Å². The molecule has 1 aromatic carbocycles. The molecule has 23 heavy (non-hydrogen) atoms. The molecule has 3 aromatic rings. The number of hydrogen-bond acceptors (Lipinski definition) is 5. The lowest BCUT2D eigenvalue weighted by molar-refractivity contribution is 0.107. The van der Waals surface area contributed by atoms with Crippen molar-refractivity contribution in [2.75, 3.05) is 11.9 Å². The van der Waals surface area contributed by atoms with Crippen LogP contribution in [0, 0.1) is 0 Å². The van der Waals surface area contributed by atoms with Gasteiger partial charge in [-0.1, -0.05) is 37.3 Å². The summed E-state index contributed by atoms with van der Waals surface area (Å²) in [4.78, 5) is 10.4. The number of fused-ring (bicyclic) bond motifs is 1. The van der Waals surface area contributed by atoms with Gasteiger partial charge in [-0.2, -0.15) is 0 Å². The van der Waals surface area contributed by atoms with Crippen LogP contribution in [0.3, 0.4) is 0 Å². The lowest BCUT2D eigenvalue weighted by Gasteiger charge is -2.21. The summed E-state index contributed by atoms with van der Waals surface area (Å²) in [6, 6.07) is 12.7. The summed E-state index contributed by atoms with van der Waals surface area (Å²) in [6.07, 6.45) is 1.90. The van der Waals surface area contributed by atoms with Gasteiger partial charge in [0.2, 0.25) is 0 Å². The van der Waals surface area contributed by atoms with Gasteiger partial charge in [0.25, 0.3) is 0 Å². The molecule has 0 saturated carbocycles. The first-order chi connectivity index (χ1) is 11.3. The standard InChI is InChI=1S/C18H19N3OS/c1-2-15-20-17(13-9-11-23-18(13)21-15)19-14-8-10-22-16(14)12-6-4-3-5-7-12/h3-7,9,11,14,16H,2,8,10H2,1H3,(H,19,20,21). The molecule has 5 heteroatoms. The van der Waals surface area contributed by atoms with Gasteiger partial charge >= 0.3 is 0 Å². The number of ether oxygens (including phenoxy) is 1. The average Bonchev–Trinajstić information content (AvgIpc) is 3.24. The van der Waals surface area contributed by atoms with Crippen LogP contribution in [0.2, 0.25) is 0 Å². The normalized spacial score (nSPS) is 20.9. The monoisotopic (exact) mass is 325 g/mol. The summed E-state index contributed by atoms with van der Waals surface area (Å²) in [6.45, 7) is 2.86. The molecule has 4 nitrogen and oxygen atoms in total. The van der Waals surface area contributed by atoms with Crippen LogP contribution in [-0.4, -0.2) is 22.6 Å². The van der Waals surface area contributed by atoms with Crippen LogP contribution in [-0.2, 0) is 11.2 Å². The molecule has 1 aliphatic heterocycles. The second-order valence-electron chi connectivity index (χ2n) is 5.72. The van der Waals surface area contributed by atoms with Crippen molar-refractivity contribution in [3.8, 4) is 0 Å². The van der Waals surface area contributed by atoms with Crippen LogP contribution >= 0.6 is 11.3 Å². The number of benzene rings is 1. The number of nitrogens with zero attached hydrogens (tertiary/aromatic N) is 2. The van der Waals surface area contributed by atoms with E-state index < -0.39 is 0 Å². The second kappa shape index (κ2) is 6.26. The number of hydrogen-bond donors (Lipinski definition) is 1. The van der Waals surface area contributed by atoms with Crippen LogP contribution in [0.5, 0.6) is 0 Å². The number of rotatable bonds is 4. The van der Waals surface area contributed by atoms with E-state index >= 15 is 0 Å². The third-order valence-corrected chi connectivity index (χ3v) is 5.04. The predicted octanol–water partition coefficient (Wildman–Crippen LogP) is 4.20. The maximum Gasteiger partial charge on any atom is 0.138 e. The zero-order valence-electron chi connectivity index (χ0n) is 13.0. The predicted molar refractivity (Wildman–Crippen MR) is 94.0 cm³/mol. The van der Waals surface area contributed by atoms with Crippen molar-refractivity contribution >= 4 is 27.4 Å². The minimum atomic E-state index is 0.0740. The van der Waals surface area contributed by atoms with E-state index in [1.54, 1.807) is 11.3 Å². The molecule has 2 atom stereocenters. The highest BCUT2D eigenvalue weighted by Crippen LogP contribution is 2.33. The smallest absolute Gasteiger partial charge is 0.138 e. The number of aromatic nitrogens is 2. The van der Waals surface area contributed by atoms with Crippen LogP contribution in [0.1, 0.15) is 30.8 Å². The van der Waals surface area contributed by atoms with Crippen LogP contribution in [0.4, 0.5) is 5.82 Å². The molecule has 118 valence electrons. The third kappa shape index (κ3) is 2.82. The van der Waals surface area contributed by atoms with Gasteiger partial charge in [0, 0.05) is 13.0 Å². The largest absolute Gasteiger partial charge is 0.371 e. The molecule has 4 rings (SSSR count). The lowest BCUT2D eigenvalue weighted by atomic mass is 10.0. The topological polar surface area (TPSA) is 47.0 Å². The molecule has 3 heterocycles. The SMILES string of the molecule is CCc1nc(NC2CCOC2c2ccccc2)c2ccsc2n1. The molecule has 1 fully saturated rings. The number of thiophene rings is 1. The van der Waals surface area contributed by atoms with Gasteiger partial charge in [-0.3, -0.25) is 0 Å². The summed E-state index contributed by atoms with van der Waals surface area (Å²) >= 11 is 1.66. The van der Waals surface area contributed by atoms with Gasteiger partial charge in [0.15, 0.2) is 0 Å². The van der Waals surface area contributed by atoms with E-state index in [0.29, 0.717) is 0 Å². The molecule has 1 aliphatic rings. The summed E-state index contributed by atoms with van der Waals surface area (Å²) in [7, 11) is 0. The van der Waals surface area contributed by atoms with E-state index in [1.165, 1.54) is 5.56 Å². The molecule has 1 saturated heterocycles. The van der Waals surface area contributed by atoms with Gasteiger partial charge in [-0.25, -0.2) is 9.97 Å². The molecular formula is C18H19N3OS. The molecule has 1 N–H and O–H groups in total. The quantitative estimate of drug-likeness (QED) is 0.781. The Morgan fingerprint density at radius 3 is 2.91 bits per heavy atom. The average molecular weight is 325 g/mol. The van der Waals surface area contributed by atoms with Gasteiger partial charge in [0.05, 0.1) is 11.4 Å². The van der Waals surface area contributed by atoms with Crippen molar-refractivity contribution in [1.82, 2.24) is 9.97 Å². The molecule has 0 amide bonds. The minimum Gasteiger partial charge on any atom is -0.371 e. The summed E-state index contributed by atoms with van der Waals surface area (Å²) < 4.78 is 5.97. The molecule has 0 spiro atoms. The van der Waals surface area contributed by atoms with Crippen molar-refractivity contribution in [2.45, 2.75) is 31.9 Å². The molecular weight excluding hydrogens is 306 g/mol. The molecule has 2 unspecified atom stereocenters. The summed E-state index contributed by atoms with van der Waals surface area (Å²) in [5.41, 5.74) is 1.22. The number of aryl methyl sites for hydroxylation is 1. The highest BCUT2D eigenvalue weighted by Gasteiger charge is 2.30. The van der Waals surface area contributed by atoms with E-state index in [4.69, 9.17) is 9.72 Å². The number of anilines is 1. The Kier molecular flexibility index (Phi) is 3.97. The highest BCUT2D eigenvalue weighted by atomic mass is 32.1. The van der Waals surface area contributed by atoms with E-state index in [0.717, 1.165) is 41.3 Å². The Labute approximate surface area is 139 Å². The van der Waals surface area contributed by atoms with Gasteiger partial charge < -0.3 is 10.1 Å². The second-order valence-corrected chi connectivity index (χ2v) is 6.62. The molecule has 0 aliphatic carbocycles. The maximum atomic E-state index is 5.97. The zero-order chi connectivity index (χ0) is 15.6. The molecule has 0 radical (unpaired) electrons. The van der Waals surface area contributed by atoms with E-state index in [-0.39, 0.29) is 12.1 Å². The Morgan fingerprint density at radius 2 is 2.09 bits per heavy atom. The Bertz CT molecular complexity index is 802. The van der Waals surface area contributed by atoms with Crippen molar-refractivity contribution in [1.29, 1.82) is 0 Å². The molecule has 2 aromatic heterocycles.